The lowest BCUT2D eigenvalue weighted by molar-refractivity contribution is -0.158. The number of amides is 1. The Morgan fingerprint density at radius 2 is 1.86 bits per heavy atom. The maximum Gasteiger partial charge on any atom is 0.303 e. The van der Waals surface area contributed by atoms with Crippen LogP contribution in [0.3, 0.4) is 0 Å². The lowest BCUT2D eigenvalue weighted by Gasteiger charge is -2.34. The number of ether oxygens (including phenoxy) is 3. The number of benzene rings is 2. The van der Waals surface area contributed by atoms with E-state index in [1.165, 1.54) is 19.8 Å². The van der Waals surface area contributed by atoms with Gasteiger partial charge >= 0.3 is 5.97 Å². The molecule has 1 amide bonds. The van der Waals surface area contributed by atoms with Crippen molar-refractivity contribution in [1.29, 1.82) is 0 Å². The summed E-state index contributed by atoms with van der Waals surface area (Å²) in [6.07, 6.45) is 1.09. The highest BCUT2D eigenvalue weighted by Crippen LogP contribution is 2.47. The number of aliphatic hydroxyl groups is 1. The SMILES string of the molecule is COc1ccc([C@@H]2CN(C(=O)[C@@H](Cc3ccccc3)OC(C)=O)C[C@@]2(C)[C@@H](C)O)cc1OCC1CC1. The third-order valence-electron chi connectivity index (χ3n) is 7.61. The Balaban J connectivity index is 1.59. The van der Waals surface area contributed by atoms with Gasteiger partial charge in [0.05, 0.1) is 19.8 Å². The lowest BCUT2D eigenvalue weighted by Crippen LogP contribution is -2.43. The van der Waals surface area contributed by atoms with Crippen LogP contribution < -0.4 is 9.47 Å². The van der Waals surface area contributed by atoms with Gasteiger partial charge in [0.25, 0.3) is 5.91 Å². The zero-order valence-corrected chi connectivity index (χ0v) is 21.6. The molecule has 7 heteroatoms. The van der Waals surface area contributed by atoms with Crippen molar-refractivity contribution in [2.45, 2.75) is 58.2 Å². The average Bonchev–Trinajstić information content (AvgIpc) is 3.62. The Hall–Kier alpha value is -3.06. The number of carbonyl (C=O) groups is 2. The van der Waals surface area contributed by atoms with Crippen LogP contribution in [0, 0.1) is 11.3 Å². The topological polar surface area (TPSA) is 85.3 Å². The Kier molecular flexibility index (Phi) is 7.88. The van der Waals surface area contributed by atoms with Gasteiger partial charge in [-0.2, -0.15) is 0 Å². The largest absolute Gasteiger partial charge is 0.493 e. The molecule has 0 bridgehead atoms. The number of hydrogen-bond donors (Lipinski definition) is 1. The predicted molar refractivity (Wildman–Crippen MR) is 136 cm³/mol. The molecule has 2 aromatic rings. The minimum Gasteiger partial charge on any atom is -0.493 e. The van der Waals surface area contributed by atoms with Gasteiger partial charge < -0.3 is 24.2 Å². The molecule has 0 radical (unpaired) electrons. The van der Waals surface area contributed by atoms with Crippen molar-refractivity contribution in [1.82, 2.24) is 4.90 Å². The van der Waals surface area contributed by atoms with Gasteiger partial charge in [0, 0.05) is 37.8 Å². The quantitative estimate of drug-likeness (QED) is 0.502. The second-order valence-electron chi connectivity index (χ2n) is 10.4. The smallest absolute Gasteiger partial charge is 0.303 e. The van der Waals surface area contributed by atoms with Crippen molar-refractivity contribution < 1.29 is 28.9 Å². The van der Waals surface area contributed by atoms with E-state index in [4.69, 9.17) is 14.2 Å². The van der Waals surface area contributed by atoms with E-state index in [1.807, 2.05) is 55.5 Å². The van der Waals surface area contributed by atoms with Crippen LogP contribution in [0.2, 0.25) is 0 Å². The van der Waals surface area contributed by atoms with E-state index < -0.39 is 23.6 Å². The zero-order chi connectivity index (χ0) is 25.9. The monoisotopic (exact) mass is 495 g/mol. The molecule has 0 aromatic heterocycles. The highest BCUT2D eigenvalue weighted by molar-refractivity contribution is 5.84. The minimum absolute atomic E-state index is 0.134. The van der Waals surface area contributed by atoms with Gasteiger partial charge in [0.2, 0.25) is 0 Å². The number of esters is 1. The van der Waals surface area contributed by atoms with Crippen LogP contribution in [-0.4, -0.2) is 60.9 Å². The van der Waals surface area contributed by atoms with Crippen LogP contribution in [0.5, 0.6) is 11.5 Å². The van der Waals surface area contributed by atoms with Gasteiger partial charge in [0.15, 0.2) is 17.6 Å². The summed E-state index contributed by atoms with van der Waals surface area (Å²) in [5, 5.41) is 10.8. The zero-order valence-electron chi connectivity index (χ0n) is 21.6. The maximum atomic E-state index is 13.6. The first-order valence-corrected chi connectivity index (χ1v) is 12.7. The van der Waals surface area contributed by atoms with Gasteiger partial charge in [-0.3, -0.25) is 9.59 Å². The summed E-state index contributed by atoms with van der Waals surface area (Å²) in [4.78, 5) is 27.2. The molecular formula is C29H37NO6. The second-order valence-corrected chi connectivity index (χ2v) is 10.4. The Morgan fingerprint density at radius 1 is 1.14 bits per heavy atom. The van der Waals surface area contributed by atoms with E-state index in [1.54, 1.807) is 18.9 Å². The van der Waals surface area contributed by atoms with Gasteiger partial charge in [-0.05, 0) is 48.9 Å². The van der Waals surface area contributed by atoms with Crippen LogP contribution in [0.1, 0.15) is 50.7 Å². The molecule has 0 unspecified atom stereocenters. The molecule has 2 aromatic carbocycles. The first-order chi connectivity index (χ1) is 17.2. The van der Waals surface area contributed by atoms with Crippen molar-refractivity contribution in [3.8, 4) is 11.5 Å². The summed E-state index contributed by atoms with van der Waals surface area (Å²) in [6, 6.07) is 15.4. The molecule has 194 valence electrons. The van der Waals surface area contributed by atoms with Crippen LogP contribution in [0.15, 0.2) is 48.5 Å². The predicted octanol–water partition coefficient (Wildman–Crippen LogP) is 3.97. The molecule has 1 aliphatic heterocycles. The molecule has 36 heavy (non-hydrogen) atoms. The fourth-order valence-corrected chi connectivity index (χ4v) is 5.02. The highest BCUT2D eigenvalue weighted by atomic mass is 16.5. The van der Waals surface area contributed by atoms with E-state index in [0.29, 0.717) is 43.5 Å². The summed E-state index contributed by atoms with van der Waals surface area (Å²) in [7, 11) is 1.62. The lowest BCUT2D eigenvalue weighted by atomic mass is 9.72. The van der Waals surface area contributed by atoms with Crippen LogP contribution in [0.25, 0.3) is 0 Å². The van der Waals surface area contributed by atoms with E-state index in [2.05, 4.69) is 0 Å². The van der Waals surface area contributed by atoms with Crippen molar-refractivity contribution in [3.63, 3.8) is 0 Å². The van der Waals surface area contributed by atoms with Crippen molar-refractivity contribution >= 4 is 11.9 Å². The molecule has 1 saturated heterocycles. The number of hydrogen-bond acceptors (Lipinski definition) is 6. The molecule has 1 saturated carbocycles. The molecule has 7 nitrogen and oxygen atoms in total. The Morgan fingerprint density at radius 3 is 2.47 bits per heavy atom. The molecule has 4 rings (SSSR count). The minimum atomic E-state index is -0.921. The maximum absolute atomic E-state index is 13.6. The van der Waals surface area contributed by atoms with Crippen LogP contribution in [-0.2, 0) is 20.7 Å². The number of methoxy groups -OCH3 is 1. The summed E-state index contributed by atoms with van der Waals surface area (Å²) < 4.78 is 17.1. The molecule has 2 fully saturated rings. The Labute approximate surface area is 213 Å². The third kappa shape index (κ3) is 5.84. The molecule has 1 heterocycles. The van der Waals surface area contributed by atoms with Crippen molar-refractivity contribution in [3.05, 3.63) is 59.7 Å². The number of likely N-dealkylation sites (tertiary alicyclic amines) is 1. The number of aliphatic hydroxyl groups excluding tert-OH is 1. The van der Waals surface area contributed by atoms with Crippen molar-refractivity contribution in [2.24, 2.45) is 11.3 Å². The van der Waals surface area contributed by atoms with Crippen LogP contribution >= 0.6 is 0 Å². The van der Waals surface area contributed by atoms with Gasteiger partial charge in [-0.25, -0.2) is 0 Å². The second kappa shape index (κ2) is 10.9. The number of rotatable bonds is 10. The summed E-state index contributed by atoms with van der Waals surface area (Å²) in [5.74, 6) is 1.07. The molecular weight excluding hydrogens is 458 g/mol. The van der Waals surface area contributed by atoms with E-state index in [0.717, 1.165) is 11.1 Å². The highest BCUT2D eigenvalue weighted by Gasteiger charge is 2.49. The van der Waals surface area contributed by atoms with E-state index in [9.17, 15) is 14.7 Å². The summed E-state index contributed by atoms with van der Waals surface area (Å²) >= 11 is 0. The van der Waals surface area contributed by atoms with Gasteiger partial charge in [-0.1, -0.05) is 43.3 Å². The number of carbonyl (C=O) groups excluding carboxylic acids is 2. The van der Waals surface area contributed by atoms with Gasteiger partial charge in [-0.15, -0.1) is 0 Å². The number of nitrogens with zero attached hydrogens (tertiary/aromatic N) is 1. The molecule has 2 aliphatic rings. The molecule has 1 N–H and O–H groups in total. The molecule has 0 spiro atoms. The first kappa shape index (κ1) is 26.0. The fraction of sp³-hybridized carbons (Fsp3) is 0.517. The standard InChI is InChI=1S/C29H37NO6/c1-19(31)29(3)18-30(28(33)27(36-20(2)32)14-21-8-6-5-7-9-21)16-24(29)23-12-13-25(34-4)26(15-23)35-17-22-10-11-22/h5-9,12-13,15,19,22,24,27,31H,10-11,14,16-18H2,1-4H3/t19-,24+,27-,29+/m1/s1. The van der Waals surface area contributed by atoms with Crippen LogP contribution in [0.4, 0.5) is 0 Å². The summed E-state index contributed by atoms with van der Waals surface area (Å²) in [5.41, 5.74) is 1.30. The average molecular weight is 496 g/mol. The normalized spacial score (nSPS) is 23.1. The third-order valence-corrected chi connectivity index (χ3v) is 7.61. The Bertz CT molecular complexity index is 1070. The first-order valence-electron chi connectivity index (χ1n) is 12.7. The summed E-state index contributed by atoms with van der Waals surface area (Å²) in [6.45, 7) is 6.50. The molecule has 4 atom stereocenters. The van der Waals surface area contributed by atoms with E-state index >= 15 is 0 Å². The molecule has 1 aliphatic carbocycles. The van der Waals surface area contributed by atoms with Crippen molar-refractivity contribution in [2.75, 3.05) is 26.8 Å². The van der Waals surface area contributed by atoms with Gasteiger partial charge in [0.1, 0.15) is 0 Å². The fourth-order valence-electron chi connectivity index (χ4n) is 5.02. The van der Waals surface area contributed by atoms with E-state index in [-0.39, 0.29) is 11.8 Å².